The second-order valence-corrected chi connectivity index (χ2v) is 7.61. The normalized spacial score (nSPS) is 17.2. The minimum absolute atomic E-state index is 0.102. The third-order valence-corrected chi connectivity index (χ3v) is 5.72. The molecule has 1 atom stereocenters. The van der Waals surface area contributed by atoms with Crippen LogP contribution < -0.4 is 11.1 Å². The highest BCUT2D eigenvalue weighted by Crippen LogP contribution is 2.28. The Labute approximate surface area is 163 Å². The van der Waals surface area contributed by atoms with E-state index in [0.717, 1.165) is 49.9 Å². The molecule has 1 aromatic heterocycles. The summed E-state index contributed by atoms with van der Waals surface area (Å²) in [6, 6.07) is 12.3. The second kappa shape index (κ2) is 9.92. The smallest absolute Gasteiger partial charge is 0.188 e. The minimum atomic E-state index is 0.102. The number of rotatable bonds is 7. The molecule has 0 aliphatic carbocycles. The summed E-state index contributed by atoms with van der Waals surface area (Å²) in [4.78, 5) is 8.29. The van der Waals surface area contributed by atoms with Crippen molar-refractivity contribution in [1.29, 1.82) is 0 Å². The number of nitrogens with zero attached hydrogens (tertiary/aromatic N) is 2. The summed E-state index contributed by atoms with van der Waals surface area (Å²) in [5.41, 5.74) is 7.16. The summed E-state index contributed by atoms with van der Waals surface area (Å²) in [6.07, 6.45) is 0.950. The van der Waals surface area contributed by atoms with Gasteiger partial charge in [-0.05, 0) is 29.5 Å². The van der Waals surface area contributed by atoms with Crippen molar-refractivity contribution < 1.29 is 4.74 Å². The van der Waals surface area contributed by atoms with Crippen LogP contribution in [0.25, 0.3) is 0 Å². The van der Waals surface area contributed by atoms with Crippen LogP contribution in [0.15, 0.2) is 46.8 Å². The van der Waals surface area contributed by atoms with Crippen LogP contribution in [-0.4, -0.2) is 50.3 Å². The Morgan fingerprint density at radius 2 is 2.08 bits per heavy atom. The number of hydrogen-bond donors (Lipinski definition) is 2. The first-order valence-corrected chi connectivity index (χ1v) is 10.1. The van der Waals surface area contributed by atoms with E-state index in [4.69, 9.17) is 22.1 Å². The zero-order valence-corrected chi connectivity index (χ0v) is 16.3. The molecular weight excluding hydrogens is 368 g/mol. The first kappa shape index (κ1) is 19.2. The van der Waals surface area contributed by atoms with Crippen LogP contribution in [0.4, 0.5) is 0 Å². The minimum Gasteiger partial charge on any atom is -0.379 e. The van der Waals surface area contributed by atoms with Crippen molar-refractivity contribution in [1.82, 2.24) is 10.2 Å². The maximum atomic E-state index is 6.44. The molecule has 0 radical (unpaired) electrons. The first-order valence-electron chi connectivity index (χ1n) is 8.86. The Morgan fingerprint density at radius 1 is 1.27 bits per heavy atom. The van der Waals surface area contributed by atoms with Gasteiger partial charge in [-0.15, -0.1) is 11.3 Å². The molecule has 26 heavy (non-hydrogen) atoms. The van der Waals surface area contributed by atoms with Crippen LogP contribution in [0.2, 0.25) is 5.02 Å². The van der Waals surface area contributed by atoms with Crippen LogP contribution in [-0.2, 0) is 11.2 Å². The van der Waals surface area contributed by atoms with E-state index in [0.29, 0.717) is 12.5 Å². The van der Waals surface area contributed by atoms with Crippen LogP contribution in [0.5, 0.6) is 0 Å². The summed E-state index contributed by atoms with van der Waals surface area (Å²) in [5, 5.41) is 6.06. The molecule has 3 N–H and O–H groups in total. The van der Waals surface area contributed by atoms with Crippen molar-refractivity contribution in [3.05, 3.63) is 57.2 Å². The maximum absolute atomic E-state index is 6.44. The lowest BCUT2D eigenvalue weighted by molar-refractivity contribution is 0.0180. The van der Waals surface area contributed by atoms with Gasteiger partial charge >= 0.3 is 0 Å². The summed E-state index contributed by atoms with van der Waals surface area (Å²) >= 11 is 8.20. The molecule has 0 spiro atoms. The molecule has 0 amide bonds. The van der Waals surface area contributed by atoms with Crippen molar-refractivity contribution in [3.63, 3.8) is 0 Å². The van der Waals surface area contributed by atoms with Gasteiger partial charge in [0.05, 0.1) is 25.8 Å². The van der Waals surface area contributed by atoms with Gasteiger partial charge in [0, 0.05) is 29.5 Å². The molecule has 2 aromatic rings. The number of thiophene rings is 1. The highest BCUT2D eigenvalue weighted by molar-refractivity contribution is 7.09. The molecule has 1 fully saturated rings. The van der Waals surface area contributed by atoms with Crippen molar-refractivity contribution in [3.8, 4) is 0 Å². The van der Waals surface area contributed by atoms with Crippen molar-refractivity contribution in [2.75, 3.05) is 39.4 Å². The van der Waals surface area contributed by atoms with E-state index in [2.05, 4.69) is 38.8 Å². The molecule has 5 nitrogen and oxygen atoms in total. The Hall–Kier alpha value is -1.60. The Bertz CT molecular complexity index is 701. The quantitative estimate of drug-likeness (QED) is 0.561. The van der Waals surface area contributed by atoms with Gasteiger partial charge in [0.1, 0.15) is 0 Å². The van der Waals surface area contributed by atoms with E-state index in [1.807, 2.05) is 18.2 Å². The predicted octanol–water partition coefficient (Wildman–Crippen LogP) is 2.92. The number of halogens is 1. The monoisotopic (exact) mass is 392 g/mol. The highest BCUT2D eigenvalue weighted by Gasteiger charge is 2.24. The average Bonchev–Trinajstić information content (AvgIpc) is 3.18. The lowest BCUT2D eigenvalue weighted by Crippen LogP contribution is -2.41. The molecule has 0 bridgehead atoms. The number of hydrogen-bond acceptors (Lipinski definition) is 4. The fraction of sp³-hybridized carbons (Fsp3) is 0.421. The van der Waals surface area contributed by atoms with E-state index in [9.17, 15) is 0 Å². The number of guanidine groups is 1. The van der Waals surface area contributed by atoms with Crippen LogP contribution in [0, 0.1) is 0 Å². The van der Waals surface area contributed by atoms with Gasteiger partial charge in [-0.2, -0.15) is 0 Å². The number of aliphatic imine (C=N–C) groups is 1. The van der Waals surface area contributed by atoms with Gasteiger partial charge in [0.2, 0.25) is 0 Å². The first-order chi connectivity index (χ1) is 12.7. The molecule has 140 valence electrons. The van der Waals surface area contributed by atoms with Crippen molar-refractivity contribution in [2.24, 2.45) is 10.7 Å². The number of nitrogens with one attached hydrogen (secondary N) is 1. The number of nitrogens with two attached hydrogens (primary N) is 1. The Kier molecular flexibility index (Phi) is 7.32. The van der Waals surface area contributed by atoms with Gasteiger partial charge in [0.15, 0.2) is 5.96 Å². The molecule has 0 saturated carbocycles. The van der Waals surface area contributed by atoms with Crippen molar-refractivity contribution in [2.45, 2.75) is 12.5 Å². The molecular formula is C19H25ClN4OS. The fourth-order valence-corrected chi connectivity index (χ4v) is 4.02. The number of ether oxygens (including phenoxy) is 1. The largest absolute Gasteiger partial charge is 0.379 e. The summed E-state index contributed by atoms with van der Waals surface area (Å²) in [7, 11) is 0. The zero-order valence-electron chi connectivity index (χ0n) is 14.7. The fourth-order valence-electron chi connectivity index (χ4n) is 3.05. The molecule has 1 aliphatic rings. The van der Waals surface area contributed by atoms with E-state index in [1.54, 1.807) is 11.3 Å². The Balaban J connectivity index is 1.62. The van der Waals surface area contributed by atoms with E-state index in [-0.39, 0.29) is 6.04 Å². The zero-order chi connectivity index (χ0) is 18.2. The third-order valence-electron chi connectivity index (χ3n) is 4.44. The molecule has 1 aromatic carbocycles. The van der Waals surface area contributed by atoms with Gasteiger partial charge in [-0.3, -0.25) is 9.89 Å². The second-order valence-electron chi connectivity index (χ2n) is 6.17. The highest BCUT2D eigenvalue weighted by atomic mass is 35.5. The standard InChI is InChI=1S/C19H25ClN4OS/c20-17-6-2-1-5-16(17)18(24-9-11-25-12-10-24)14-23-19(21)22-8-7-15-4-3-13-26-15/h1-6,13,18H,7-12,14H2,(H3,21,22,23). The number of morpholine rings is 1. The third kappa shape index (κ3) is 5.45. The summed E-state index contributed by atoms with van der Waals surface area (Å²) in [6.45, 7) is 4.57. The maximum Gasteiger partial charge on any atom is 0.188 e. The average molecular weight is 393 g/mol. The molecule has 7 heteroatoms. The van der Waals surface area contributed by atoms with Crippen LogP contribution in [0.1, 0.15) is 16.5 Å². The van der Waals surface area contributed by atoms with Gasteiger partial charge < -0.3 is 15.8 Å². The Morgan fingerprint density at radius 3 is 2.81 bits per heavy atom. The topological polar surface area (TPSA) is 62.9 Å². The molecule has 1 unspecified atom stereocenters. The molecule has 2 heterocycles. The predicted molar refractivity (Wildman–Crippen MR) is 109 cm³/mol. The SMILES string of the molecule is NC(=NCC(c1ccccc1Cl)N1CCOCC1)NCCc1cccs1. The molecule has 1 aliphatic heterocycles. The van der Waals surface area contributed by atoms with E-state index < -0.39 is 0 Å². The number of benzene rings is 1. The summed E-state index contributed by atoms with van der Waals surface area (Å²) in [5.74, 6) is 0.479. The lowest BCUT2D eigenvalue weighted by Gasteiger charge is -2.34. The van der Waals surface area contributed by atoms with E-state index in [1.165, 1.54) is 4.88 Å². The van der Waals surface area contributed by atoms with Gasteiger partial charge in [0.25, 0.3) is 0 Å². The molecule has 3 rings (SSSR count). The van der Waals surface area contributed by atoms with Gasteiger partial charge in [-0.1, -0.05) is 35.9 Å². The lowest BCUT2D eigenvalue weighted by atomic mass is 10.0. The van der Waals surface area contributed by atoms with Crippen molar-refractivity contribution >= 4 is 28.9 Å². The molecule has 1 saturated heterocycles. The van der Waals surface area contributed by atoms with Crippen LogP contribution >= 0.6 is 22.9 Å². The van der Waals surface area contributed by atoms with Gasteiger partial charge in [-0.25, -0.2) is 0 Å². The van der Waals surface area contributed by atoms with E-state index >= 15 is 0 Å². The van der Waals surface area contributed by atoms with Crippen LogP contribution in [0.3, 0.4) is 0 Å². The summed E-state index contributed by atoms with van der Waals surface area (Å²) < 4.78 is 5.48.